The maximum absolute atomic E-state index is 12.0. The highest BCUT2D eigenvalue weighted by Crippen LogP contribution is 2.26. The molecule has 0 amide bonds. The molecular weight excluding hydrogens is 262 g/mol. The molecule has 2 heterocycles. The molecule has 4 nitrogen and oxygen atoms in total. The molecule has 2 aromatic heterocycles. The molecule has 0 aliphatic heterocycles. The topological polar surface area (TPSA) is 58.6 Å². The third kappa shape index (κ3) is 2.57. The molecule has 3 aromatic rings. The van der Waals surface area contributed by atoms with Gasteiger partial charge in [-0.1, -0.05) is 39.0 Å². The largest absolute Gasteiger partial charge is 0.310 e. The standard InChI is InChI=1S/C17H17N3O/c1-17(2,3)16-19-14(10-15(21)20-16)12-6-4-8-13-11(12)7-5-9-18-13/h4-10H,1-3H3,(H,19,20,21). The molecule has 1 aromatic carbocycles. The van der Waals surface area contributed by atoms with E-state index in [1.165, 1.54) is 6.07 Å². The van der Waals surface area contributed by atoms with Crippen molar-refractivity contribution >= 4 is 10.9 Å². The van der Waals surface area contributed by atoms with E-state index in [0.717, 1.165) is 16.5 Å². The SMILES string of the molecule is CC(C)(C)c1nc(-c2cccc3ncccc23)cc(=O)[nH]1. The van der Waals surface area contributed by atoms with Gasteiger partial charge in [-0.15, -0.1) is 0 Å². The lowest BCUT2D eigenvalue weighted by Crippen LogP contribution is -2.21. The Balaban J connectivity index is 2.29. The van der Waals surface area contributed by atoms with Crippen LogP contribution in [0.2, 0.25) is 0 Å². The first-order chi connectivity index (χ1) is 9.95. The van der Waals surface area contributed by atoms with E-state index in [2.05, 4.69) is 15.0 Å². The van der Waals surface area contributed by atoms with Gasteiger partial charge in [-0.05, 0) is 12.1 Å². The average Bonchev–Trinajstić information content (AvgIpc) is 2.45. The minimum atomic E-state index is -0.210. The number of hydrogen-bond acceptors (Lipinski definition) is 3. The van der Waals surface area contributed by atoms with Gasteiger partial charge in [0.05, 0.1) is 11.2 Å². The summed E-state index contributed by atoms with van der Waals surface area (Å²) >= 11 is 0. The lowest BCUT2D eigenvalue weighted by atomic mass is 9.95. The molecule has 3 rings (SSSR count). The monoisotopic (exact) mass is 279 g/mol. The van der Waals surface area contributed by atoms with Crippen LogP contribution in [-0.4, -0.2) is 15.0 Å². The van der Waals surface area contributed by atoms with Crippen molar-refractivity contribution in [1.82, 2.24) is 15.0 Å². The maximum Gasteiger partial charge on any atom is 0.251 e. The number of H-pyrrole nitrogens is 1. The van der Waals surface area contributed by atoms with Gasteiger partial charge in [-0.25, -0.2) is 4.98 Å². The molecule has 0 aliphatic rings. The first-order valence-electron chi connectivity index (χ1n) is 6.91. The second kappa shape index (κ2) is 4.81. The Hall–Kier alpha value is -2.49. The van der Waals surface area contributed by atoms with Crippen molar-refractivity contribution < 1.29 is 0 Å². The van der Waals surface area contributed by atoms with E-state index in [1.54, 1.807) is 6.20 Å². The van der Waals surface area contributed by atoms with Gasteiger partial charge in [0.1, 0.15) is 5.82 Å². The summed E-state index contributed by atoms with van der Waals surface area (Å²) in [5.41, 5.74) is 2.16. The fourth-order valence-corrected chi connectivity index (χ4v) is 2.28. The van der Waals surface area contributed by atoms with E-state index in [4.69, 9.17) is 0 Å². The lowest BCUT2D eigenvalue weighted by molar-refractivity contribution is 0.543. The fourth-order valence-electron chi connectivity index (χ4n) is 2.28. The molecule has 106 valence electrons. The van der Waals surface area contributed by atoms with Crippen molar-refractivity contribution in [3.63, 3.8) is 0 Å². The average molecular weight is 279 g/mol. The predicted molar refractivity (Wildman–Crippen MR) is 84.3 cm³/mol. The number of nitrogens with zero attached hydrogens (tertiary/aromatic N) is 2. The van der Waals surface area contributed by atoms with Crippen LogP contribution in [0.3, 0.4) is 0 Å². The van der Waals surface area contributed by atoms with Crippen LogP contribution in [-0.2, 0) is 5.41 Å². The van der Waals surface area contributed by atoms with Crippen molar-refractivity contribution in [2.45, 2.75) is 26.2 Å². The Labute approximate surface area is 122 Å². The fraction of sp³-hybridized carbons (Fsp3) is 0.235. The molecule has 21 heavy (non-hydrogen) atoms. The van der Waals surface area contributed by atoms with Gasteiger partial charge in [0.25, 0.3) is 5.56 Å². The quantitative estimate of drug-likeness (QED) is 0.743. The first kappa shape index (κ1) is 13.5. The van der Waals surface area contributed by atoms with Crippen molar-refractivity contribution in [3.05, 3.63) is 58.8 Å². The normalized spacial score (nSPS) is 11.8. The second-order valence-electron chi connectivity index (χ2n) is 6.10. The molecule has 0 atom stereocenters. The summed E-state index contributed by atoms with van der Waals surface area (Å²) in [4.78, 5) is 23.8. The molecule has 0 spiro atoms. The van der Waals surface area contributed by atoms with Crippen molar-refractivity contribution in [3.8, 4) is 11.3 Å². The van der Waals surface area contributed by atoms with Gasteiger partial charge < -0.3 is 4.98 Å². The minimum Gasteiger partial charge on any atom is -0.310 e. The number of nitrogens with one attached hydrogen (secondary N) is 1. The smallest absolute Gasteiger partial charge is 0.251 e. The van der Waals surface area contributed by atoms with Crippen LogP contribution in [0, 0.1) is 0 Å². The van der Waals surface area contributed by atoms with Crippen LogP contribution < -0.4 is 5.56 Å². The summed E-state index contributed by atoms with van der Waals surface area (Å²) in [6.45, 7) is 6.08. The van der Waals surface area contributed by atoms with Gasteiger partial charge in [-0.2, -0.15) is 0 Å². The lowest BCUT2D eigenvalue weighted by Gasteiger charge is -2.18. The summed E-state index contributed by atoms with van der Waals surface area (Å²) in [6.07, 6.45) is 1.76. The highest BCUT2D eigenvalue weighted by molar-refractivity contribution is 5.93. The molecule has 0 radical (unpaired) electrons. The van der Waals surface area contributed by atoms with Crippen molar-refractivity contribution in [2.75, 3.05) is 0 Å². The number of rotatable bonds is 1. The third-order valence-electron chi connectivity index (χ3n) is 3.37. The van der Waals surface area contributed by atoms with Crippen LogP contribution in [0.15, 0.2) is 47.4 Å². The van der Waals surface area contributed by atoms with E-state index in [9.17, 15) is 4.79 Å². The van der Waals surface area contributed by atoms with E-state index in [1.807, 2.05) is 51.1 Å². The van der Waals surface area contributed by atoms with E-state index in [0.29, 0.717) is 11.5 Å². The number of aromatic nitrogens is 3. The zero-order valence-corrected chi connectivity index (χ0v) is 12.3. The summed E-state index contributed by atoms with van der Waals surface area (Å²) in [5.74, 6) is 0.686. The highest BCUT2D eigenvalue weighted by atomic mass is 16.1. The molecule has 1 N–H and O–H groups in total. The molecule has 0 unspecified atom stereocenters. The number of benzene rings is 1. The van der Waals surface area contributed by atoms with Crippen LogP contribution >= 0.6 is 0 Å². The highest BCUT2D eigenvalue weighted by Gasteiger charge is 2.18. The summed E-state index contributed by atoms with van der Waals surface area (Å²) in [6, 6.07) is 11.3. The van der Waals surface area contributed by atoms with E-state index in [-0.39, 0.29) is 11.0 Å². The number of fused-ring (bicyclic) bond motifs is 1. The number of pyridine rings is 1. The first-order valence-corrected chi connectivity index (χ1v) is 6.91. The van der Waals surface area contributed by atoms with Crippen molar-refractivity contribution in [2.24, 2.45) is 0 Å². The number of hydrogen-bond donors (Lipinski definition) is 1. The Morgan fingerprint density at radius 1 is 1.10 bits per heavy atom. The second-order valence-corrected chi connectivity index (χ2v) is 6.10. The van der Waals surface area contributed by atoms with Crippen LogP contribution in [0.5, 0.6) is 0 Å². The van der Waals surface area contributed by atoms with Gasteiger partial charge >= 0.3 is 0 Å². The van der Waals surface area contributed by atoms with Crippen LogP contribution in [0.25, 0.3) is 22.2 Å². The van der Waals surface area contributed by atoms with Crippen molar-refractivity contribution in [1.29, 1.82) is 0 Å². The van der Waals surface area contributed by atoms with Gasteiger partial charge in [0, 0.05) is 28.6 Å². The molecule has 0 saturated heterocycles. The van der Waals surface area contributed by atoms with Gasteiger partial charge in [-0.3, -0.25) is 9.78 Å². The van der Waals surface area contributed by atoms with E-state index >= 15 is 0 Å². The molecule has 0 saturated carbocycles. The predicted octanol–water partition coefficient (Wildman–Crippen LogP) is 3.28. The minimum absolute atomic E-state index is 0.134. The van der Waals surface area contributed by atoms with Gasteiger partial charge in [0.2, 0.25) is 0 Å². The van der Waals surface area contributed by atoms with Crippen LogP contribution in [0.1, 0.15) is 26.6 Å². The molecule has 0 fully saturated rings. The summed E-state index contributed by atoms with van der Waals surface area (Å²) < 4.78 is 0. The Bertz CT molecular complexity index is 854. The molecule has 0 bridgehead atoms. The van der Waals surface area contributed by atoms with E-state index < -0.39 is 0 Å². The molecule has 0 aliphatic carbocycles. The third-order valence-corrected chi connectivity index (χ3v) is 3.37. The maximum atomic E-state index is 12.0. The molecule has 4 heteroatoms. The summed E-state index contributed by atoms with van der Waals surface area (Å²) in [7, 11) is 0. The van der Waals surface area contributed by atoms with Crippen LogP contribution in [0.4, 0.5) is 0 Å². The Kier molecular flexibility index (Phi) is 3.09. The molecular formula is C17H17N3O. The Morgan fingerprint density at radius 3 is 2.67 bits per heavy atom. The zero-order valence-electron chi connectivity index (χ0n) is 12.3. The van der Waals surface area contributed by atoms with Gasteiger partial charge in [0.15, 0.2) is 0 Å². The Morgan fingerprint density at radius 2 is 1.90 bits per heavy atom. The number of aromatic amines is 1. The summed E-state index contributed by atoms with van der Waals surface area (Å²) in [5, 5.41) is 0.998. The zero-order chi connectivity index (χ0) is 15.0.